The molecule has 0 unspecified atom stereocenters. The minimum absolute atomic E-state index is 0.111. The molecule has 0 radical (unpaired) electrons. The first-order valence-electron chi connectivity index (χ1n) is 6.46. The number of benzene rings is 1. The number of carbonyl (C=O) groups is 1. The number of para-hydroxylation sites is 1. The average molecular weight is 243 g/mol. The number of rotatable bonds is 3. The number of fused-ring (bicyclic) bond motifs is 1. The van der Waals surface area contributed by atoms with Gasteiger partial charge in [0.2, 0.25) is 0 Å². The standard InChI is InChI=1S/C15H17NO2/c1-2-12-13-9-6-10-16(13)15(17)14(12)18-11-7-4-3-5-8-11/h2-5,7-8,12-14H,1,6,9-10H2/t12-,13+,14-/m1/s1. The second-order valence-electron chi connectivity index (χ2n) is 4.91. The lowest BCUT2D eigenvalue weighted by Crippen LogP contribution is -2.33. The van der Waals surface area contributed by atoms with Crippen molar-refractivity contribution in [1.29, 1.82) is 0 Å². The van der Waals surface area contributed by atoms with Gasteiger partial charge in [-0.3, -0.25) is 4.79 Å². The molecule has 2 heterocycles. The van der Waals surface area contributed by atoms with Gasteiger partial charge in [0.1, 0.15) is 5.75 Å². The van der Waals surface area contributed by atoms with Crippen molar-refractivity contribution < 1.29 is 9.53 Å². The van der Waals surface area contributed by atoms with Crippen molar-refractivity contribution in [2.45, 2.75) is 25.0 Å². The molecular formula is C15H17NO2. The summed E-state index contributed by atoms with van der Waals surface area (Å²) in [6, 6.07) is 9.83. The van der Waals surface area contributed by atoms with E-state index in [1.807, 2.05) is 41.3 Å². The minimum Gasteiger partial charge on any atom is -0.480 e. The topological polar surface area (TPSA) is 29.5 Å². The van der Waals surface area contributed by atoms with Crippen LogP contribution in [0.2, 0.25) is 0 Å². The lowest BCUT2D eigenvalue weighted by molar-refractivity contribution is -0.133. The maximum Gasteiger partial charge on any atom is 0.264 e. The summed E-state index contributed by atoms with van der Waals surface area (Å²) < 4.78 is 5.86. The van der Waals surface area contributed by atoms with E-state index < -0.39 is 6.10 Å². The Hall–Kier alpha value is -1.77. The number of amides is 1. The first kappa shape index (κ1) is 11.3. The Balaban J connectivity index is 1.83. The molecule has 0 saturated carbocycles. The Morgan fingerprint density at radius 2 is 2.11 bits per heavy atom. The molecule has 94 valence electrons. The van der Waals surface area contributed by atoms with Gasteiger partial charge in [0, 0.05) is 18.5 Å². The van der Waals surface area contributed by atoms with Crippen LogP contribution in [-0.2, 0) is 4.79 Å². The number of carbonyl (C=O) groups excluding carboxylic acids is 1. The van der Waals surface area contributed by atoms with Crippen LogP contribution in [0.1, 0.15) is 12.8 Å². The van der Waals surface area contributed by atoms with Crippen molar-refractivity contribution in [2.24, 2.45) is 5.92 Å². The third kappa shape index (κ3) is 1.70. The van der Waals surface area contributed by atoms with E-state index in [0.29, 0.717) is 6.04 Å². The average Bonchev–Trinajstić information content (AvgIpc) is 2.95. The fourth-order valence-electron chi connectivity index (χ4n) is 3.05. The molecule has 0 aliphatic carbocycles. The normalized spacial score (nSPS) is 30.3. The third-order valence-electron chi connectivity index (χ3n) is 3.90. The van der Waals surface area contributed by atoms with Crippen LogP contribution in [-0.4, -0.2) is 29.5 Å². The predicted molar refractivity (Wildman–Crippen MR) is 69.3 cm³/mol. The van der Waals surface area contributed by atoms with Gasteiger partial charge in [-0.25, -0.2) is 0 Å². The molecule has 1 amide bonds. The van der Waals surface area contributed by atoms with Crippen LogP contribution in [0.5, 0.6) is 5.75 Å². The molecule has 1 aromatic carbocycles. The zero-order valence-corrected chi connectivity index (χ0v) is 10.3. The molecule has 2 aliphatic heterocycles. The van der Waals surface area contributed by atoms with Crippen LogP contribution in [0.3, 0.4) is 0 Å². The molecular weight excluding hydrogens is 226 g/mol. The minimum atomic E-state index is -0.393. The summed E-state index contributed by atoms with van der Waals surface area (Å²) in [5.41, 5.74) is 0. The molecule has 2 fully saturated rings. The quantitative estimate of drug-likeness (QED) is 0.762. The van der Waals surface area contributed by atoms with E-state index in [4.69, 9.17) is 4.74 Å². The predicted octanol–water partition coefficient (Wildman–Crippen LogP) is 2.24. The van der Waals surface area contributed by atoms with Gasteiger partial charge in [-0.1, -0.05) is 24.3 Å². The Kier molecular flexibility index (Phi) is 2.82. The highest BCUT2D eigenvalue weighted by Gasteiger charge is 2.49. The summed E-state index contributed by atoms with van der Waals surface area (Å²) >= 11 is 0. The van der Waals surface area contributed by atoms with Crippen molar-refractivity contribution in [1.82, 2.24) is 4.90 Å². The van der Waals surface area contributed by atoms with Gasteiger partial charge in [-0.05, 0) is 25.0 Å². The van der Waals surface area contributed by atoms with E-state index >= 15 is 0 Å². The van der Waals surface area contributed by atoms with Gasteiger partial charge in [0.25, 0.3) is 5.91 Å². The van der Waals surface area contributed by atoms with Crippen LogP contribution >= 0.6 is 0 Å². The van der Waals surface area contributed by atoms with Crippen LogP contribution in [0.15, 0.2) is 43.0 Å². The summed E-state index contributed by atoms with van der Waals surface area (Å²) in [4.78, 5) is 14.3. The maximum atomic E-state index is 12.3. The van der Waals surface area contributed by atoms with Crippen LogP contribution < -0.4 is 4.74 Å². The number of hydrogen-bond donors (Lipinski definition) is 0. The number of nitrogens with zero attached hydrogens (tertiary/aromatic N) is 1. The van der Waals surface area contributed by atoms with Crippen molar-refractivity contribution in [3.8, 4) is 5.75 Å². The van der Waals surface area contributed by atoms with E-state index in [1.165, 1.54) is 0 Å². The molecule has 3 rings (SSSR count). The molecule has 18 heavy (non-hydrogen) atoms. The fraction of sp³-hybridized carbons (Fsp3) is 0.400. The van der Waals surface area contributed by atoms with Gasteiger partial charge < -0.3 is 9.64 Å². The molecule has 2 saturated heterocycles. The molecule has 2 aliphatic rings. The molecule has 0 aromatic heterocycles. The highest BCUT2D eigenvalue weighted by molar-refractivity contribution is 5.85. The zero-order chi connectivity index (χ0) is 12.5. The smallest absolute Gasteiger partial charge is 0.264 e. The molecule has 3 heteroatoms. The summed E-state index contributed by atoms with van der Waals surface area (Å²) in [7, 11) is 0. The van der Waals surface area contributed by atoms with Crippen molar-refractivity contribution >= 4 is 5.91 Å². The van der Waals surface area contributed by atoms with Crippen molar-refractivity contribution in [3.63, 3.8) is 0 Å². The zero-order valence-electron chi connectivity index (χ0n) is 10.3. The first-order valence-corrected chi connectivity index (χ1v) is 6.46. The molecule has 3 atom stereocenters. The second kappa shape index (κ2) is 4.48. The first-order chi connectivity index (χ1) is 8.81. The van der Waals surface area contributed by atoms with Gasteiger partial charge in [-0.15, -0.1) is 6.58 Å². The second-order valence-corrected chi connectivity index (χ2v) is 4.91. The maximum absolute atomic E-state index is 12.3. The van der Waals surface area contributed by atoms with Crippen LogP contribution in [0.4, 0.5) is 0 Å². The van der Waals surface area contributed by atoms with E-state index in [9.17, 15) is 4.79 Å². The summed E-state index contributed by atoms with van der Waals surface area (Å²) in [6.07, 6.45) is 3.65. The van der Waals surface area contributed by atoms with E-state index in [0.717, 1.165) is 25.1 Å². The summed E-state index contributed by atoms with van der Waals surface area (Å²) in [5.74, 6) is 0.982. The van der Waals surface area contributed by atoms with E-state index in [-0.39, 0.29) is 11.8 Å². The monoisotopic (exact) mass is 243 g/mol. The van der Waals surface area contributed by atoms with Crippen LogP contribution in [0, 0.1) is 5.92 Å². The van der Waals surface area contributed by atoms with Gasteiger partial charge in [0.15, 0.2) is 6.10 Å². The third-order valence-corrected chi connectivity index (χ3v) is 3.90. The Labute approximate surface area is 107 Å². The Morgan fingerprint density at radius 1 is 1.33 bits per heavy atom. The molecule has 0 spiro atoms. The van der Waals surface area contributed by atoms with Gasteiger partial charge >= 0.3 is 0 Å². The Morgan fingerprint density at radius 3 is 2.83 bits per heavy atom. The van der Waals surface area contributed by atoms with E-state index in [1.54, 1.807) is 0 Å². The van der Waals surface area contributed by atoms with E-state index in [2.05, 4.69) is 6.58 Å². The van der Waals surface area contributed by atoms with Crippen molar-refractivity contribution in [3.05, 3.63) is 43.0 Å². The number of ether oxygens (including phenoxy) is 1. The van der Waals surface area contributed by atoms with Gasteiger partial charge in [0.05, 0.1) is 0 Å². The summed E-state index contributed by atoms with van der Waals surface area (Å²) in [5, 5.41) is 0. The van der Waals surface area contributed by atoms with Crippen LogP contribution in [0.25, 0.3) is 0 Å². The fourth-order valence-corrected chi connectivity index (χ4v) is 3.05. The van der Waals surface area contributed by atoms with Crippen molar-refractivity contribution in [2.75, 3.05) is 6.54 Å². The summed E-state index contributed by atoms with van der Waals surface area (Å²) in [6.45, 7) is 4.73. The Bertz CT molecular complexity index is 457. The van der Waals surface area contributed by atoms with Gasteiger partial charge in [-0.2, -0.15) is 0 Å². The molecule has 1 aromatic rings. The molecule has 0 bridgehead atoms. The molecule has 0 N–H and O–H groups in total. The highest BCUT2D eigenvalue weighted by atomic mass is 16.5. The largest absolute Gasteiger partial charge is 0.480 e. The molecule has 3 nitrogen and oxygen atoms in total. The lowest BCUT2D eigenvalue weighted by Gasteiger charge is -2.18. The highest BCUT2D eigenvalue weighted by Crippen LogP contribution is 2.36. The number of hydrogen-bond acceptors (Lipinski definition) is 2. The lowest BCUT2D eigenvalue weighted by atomic mass is 9.96. The SMILES string of the molecule is C=C[C@H]1[C@@H](Oc2ccccc2)C(=O)N2CCC[C@@H]12.